The van der Waals surface area contributed by atoms with Gasteiger partial charge in [-0.3, -0.25) is 9.79 Å². The number of carbonyl (C=O) groups is 1. The number of anilines is 1. The summed E-state index contributed by atoms with van der Waals surface area (Å²) in [6.45, 7) is 4.60. The summed E-state index contributed by atoms with van der Waals surface area (Å²) in [6.07, 6.45) is 0. The first-order valence-corrected chi connectivity index (χ1v) is 10.0. The van der Waals surface area contributed by atoms with E-state index in [-0.39, 0.29) is 29.9 Å². The van der Waals surface area contributed by atoms with Crippen molar-refractivity contribution in [3.63, 3.8) is 0 Å². The topological polar surface area (TPSA) is 51.2 Å². The van der Waals surface area contributed by atoms with Gasteiger partial charge in [-0.2, -0.15) is 0 Å². The Morgan fingerprint density at radius 2 is 1.82 bits per heavy atom. The second kappa shape index (κ2) is 10.7. The SMILES string of the molecule is CN=C(NCc1ccc(C(=O)N(C)C)cc1)N1CCN(c2cccs2)CC1.I. The monoisotopic (exact) mass is 513 g/mol. The Labute approximate surface area is 188 Å². The lowest BCUT2D eigenvalue weighted by molar-refractivity contribution is 0.0827. The molecule has 28 heavy (non-hydrogen) atoms. The third kappa shape index (κ3) is 5.60. The number of hydrogen-bond acceptors (Lipinski definition) is 4. The Morgan fingerprint density at radius 3 is 2.36 bits per heavy atom. The number of nitrogens with one attached hydrogen (secondary N) is 1. The van der Waals surface area contributed by atoms with E-state index in [1.807, 2.05) is 31.3 Å². The van der Waals surface area contributed by atoms with Crippen molar-refractivity contribution in [3.05, 3.63) is 52.9 Å². The smallest absolute Gasteiger partial charge is 0.253 e. The van der Waals surface area contributed by atoms with E-state index in [2.05, 4.69) is 37.6 Å². The average Bonchev–Trinajstić information content (AvgIpc) is 3.23. The normalized spacial score (nSPS) is 14.5. The van der Waals surface area contributed by atoms with Crippen LogP contribution < -0.4 is 10.2 Å². The number of aliphatic imine (C=N–C) groups is 1. The predicted molar refractivity (Wildman–Crippen MR) is 128 cm³/mol. The lowest BCUT2D eigenvalue weighted by atomic mass is 10.1. The van der Waals surface area contributed by atoms with Gasteiger partial charge in [0.05, 0.1) is 5.00 Å². The maximum atomic E-state index is 12.0. The second-order valence-electron chi connectivity index (χ2n) is 6.72. The molecule has 0 radical (unpaired) electrons. The molecule has 0 aliphatic carbocycles. The van der Waals surface area contributed by atoms with Crippen molar-refractivity contribution < 1.29 is 4.79 Å². The zero-order valence-electron chi connectivity index (χ0n) is 16.6. The molecule has 1 amide bonds. The molecule has 6 nitrogen and oxygen atoms in total. The number of hydrogen-bond donors (Lipinski definition) is 1. The van der Waals surface area contributed by atoms with Crippen molar-refractivity contribution in [1.29, 1.82) is 0 Å². The molecule has 1 N–H and O–H groups in total. The minimum absolute atomic E-state index is 0. The highest BCUT2D eigenvalue weighted by Gasteiger charge is 2.20. The summed E-state index contributed by atoms with van der Waals surface area (Å²) in [4.78, 5) is 22.7. The third-order valence-corrected chi connectivity index (χ3v) is 5.60. The van der Waals surface area contributed by atoms with Gasteiger partial charge >= 0.3 is 0 Å². The molecule has 1 saturated heterocycles. The highest BCUT2D eigenvalue weighted by atomic mass is 127. The van der Waals surface area contributed by atoms with Crippen LogP contribution in [0.1, 0.15) is 15.9 Å². The lowest BCUT2D eigenvalue weighted by Gasteiger charge is -2.37. The fourth-order valence-corrected chi connectivity index (χ4v) is 3.91. The zero-order valence-corrected chi connectivity index (χ0v) is 19.7. The quantitative estimate of drug-likeness (QED) is 0.388. The van der Waals surface area contributed by atoms with Crippen LogP contribution in [0.3, 0.4) is 0 Å². The van der Waals surface area contributed by atoms with Crippen molar-refractivity contribution in [2.45, 2.75) is 6.54 Å². The summed E-state index contributed by atoms with van der Waals surface area (Å²) in [5.74, 6) is 0.947. The van der Waals surface area contributed by atoms with E-state index in [0.29, 0.717) is 12.1 Å². The molecule has 8 heteroatoms. The van der Waals surface area contributed by atoms with E-state index in [9.17, 15) is 4.79 Å². The largest absolute Gasteiger partial charge is 0.360 e. The van der Waals surface area contributed by atoms with Crippen LogP contribution in [0.5, 0.6) is 0 Å². The molecule has 2 heterocycles. The average molecular weight is 513 g/mol. The summed E-state index contributed by atoms with van der Waals surface area (Å²) in [5, 5.41) is 6.90. The second-order valence-corrected chi connectivity index (χ2v) is 7.65. The van der Waals surface area contributed by atoms with Crippen LogP contribution in [0.25, 0.3) is 0 Å². The van der Waals surface area contributed by atoms with Gasteiger partial charge in [0.1, 0.15) is 0 Å². The maximum Gasteiger partial charge on any atom is 0.253 e. The molecular weight excluding hydrogens is 485 g/mol. The summed E-state index contributed by atoms with van der Waals surface area (Å²) >= 11 is 1.79. The van der Waals surface area contributed by atoms with Crippen LogP contribution in [0.15, 0.2) is 46.8 Å². The fraction of sp³-hybridized carbons (Fsp3) is 0.400. The Morgan fingerprint density at radius 1 is 1.14 bits per heavy atom. The van der Waals surface area contributed by atoms with Crippen molar-refractivity contribution >= 4 is 52.2 Å². The first-order chi connectivity index (χ1) is 13.1. The summed E-state index contributed by atoms with van der Waals surface area (Å²) < 4.78 is 0. The van der Waals surface area contributed by atoms with E-state index in [1.165, 1.54) is 5.00 Å². The van der Waals surface area contributed by atoms with Crippen LogP contribution >= 0.6 is 35.3 Å². The number of guanidine groups is 1. The summed E-state index contributed by atoms with van der Waals surface area (Å²) in [6, 6.07) is 12.0. The maximum absolute atomic E-state index is 12.0. The van der Waals surface area contributed by atoms with E-state index < -0.39 is 0 Å². The minimum Gasteiger partial charge on any atom is -0.360 e. The van der Waals surface area contributed by atoms with Crippen LogP contribution in [-0.4, -0.2) is 69.0 Å². The Hall–Kier alpha value is -1.81. The number of halogens is 1. The van der Waals surface area contributed by atoms with Gasteiger partial charge in [0.15, 0.2) is 5.96 Å². The first-order valence-electron chi connectivity index (χ1n) is 9.13. The molecule has 3 rings (SSSR count). The molecule has 1 aromatic carbocycles. The van der Waals surface area contributed by atoms with Gasteiger partial charge in [0.2, 0.25) is 0 Å². The van der Waals surface area contributed by atoms with Gasteiger partial charge < -0.3 is 20.0 Å². The molecule has 0 spiro atoms. The number of thiophene rings is 1. The van der Waals surface area contributed by atoms with Crippen molar-refractivity contribution in [1.82, 2.24) is 15.1 Å². The van der Waals surface area contributed by atoms with Gasteiger partial charge in [-0.1, -0.05) is 12.1 Å². The molecule has 0 atom stereocenters. The summed E-state index contributed by atoms with van der Waals surface area (Å²) in [5.41, 5.74) is 1.83. The Balaban J connectivity index is 0.00000280. The predicted octanol–water partition coefficient (Wildman–Crippen LogP) is 2.97. The standard InChI is InChI=1S/C20H27N5OS.HI/c1-21-20(25-12-10-24(11-13-25)18-5-4-14-27-18)22-15-16-6-8-17(9-7-16)19(26)23(2)3;/h4-9,14H,10-13,15H2,1-3H3,(H,21,22);1H. The number of benzene rings is 1. The lowest BCUT2D eigenvalue weighted by Crippen LogP contribution is -2.52. The molecule has 0 bridgehead atoms. The van der Waals surface area contributed by atoms with Gasteiger partial charge in [-0.25, -0.2) is 0 Å². The zero-order chi connectivity index (χ0) is 19.2. The van der Waals surface area contributed by atoms with Crippen molar-refractivity contribution in [2.75, 3.05) is 52.2 Å². The van der Waals surface area contributed by atoms with E-state index in [0.717, 1.165) is 37.7 Å². The van der Waals surface area contributed by atoms with Gasteiger partial charge in [0.25, 0.3) is 5.91 Å². The molecule has 152 valence electrons. The molecule has 1 aliphatic rings. The molecule has 1 aromatic heterocycles. The number of amides is 1. The van der Waals surface area contributed by atoms with E-state index in [1.54, 1.807) is 30.3 Å². The number of rotatable bonds is 4. The molecule has 1 aliphatic heterocycles. The Kier molecular flexibility index (Phi) is 8.56. The molecule has 1 fully saturated rings. The number of nitrogens with zero attached hydrogens (tertiary/aromatic N) is 4. The van der Waals surface area contributed by atoms with E-state index >= 15 is 0 Å². The number of piperazine rings is 1. The van der Waals surface area contributed by atoms with Crippen LogP contribution in [0.2, 0.25) is 0 Å². The molecule has 0 unspecified atom stereocenters. The number of carbonyl (C=O) groups excluding carboxylic acids is 1. The highest BCUT2D eigenvalue weighted by Crippen LogP contribution is 2.22. The minimum atomic E-state index is 0. The molecule has 2 aromatic rings. The van der Waals surface area contributed by atoms with Gasteiger partial charge in [-0.15, -0.1) is 35.3 Å². The van der Waals surface area contributed by atoms with Gasteiger partial charge in [-0.05, 0) is 35.2 Å². The van der Waals surface area contributed by atoms with Gasteiger partial charge in [0, 0.05) is 59.4 Å². The third-order valence-electron chi connectivity index (χ3n) is 4.67. The summed E-state index contributed by atoms with van der Waals surface area (Å²) in [7, 11) is 5.35. The van der Waals surface area contributed by atoms with Crippen molar-refractivity contribution in [2.24, 2.45) is 4.99 Å². The van der Waals surface area contributed by atoms with E-state index in [4.69, 9.17) is 0 Å². The van der Waals surface area contributed by atoms with Crippen molar-refractivity contribution in [3.8, 4) is 0 Å². The van der Waals surface area contributed by atoms with Crippen LogP contribution in [0, 0.1) is 0 Å². The molecule has 0 saturated carbocycles. The van der Waals surface area contributed by atoms with Crippen LogP contribution in [0.4, 0.5) is 5.00 Å². The van der Waals surface area contributed by atoms with Crippen LogP contribution in [-0.2, 0) is 6.54 Å². The highest BCUT2D eigenvalue weighted by molar-refractivity contribution is 14.0. The Bertz CT molecular complexity index is 768. The molecular formula is C20H28IN5OS. The first kappa shape index (κ1) is 22.5. The fourth-order valence-electron chi connectivity index (χ4n) is 3.13.